The van der Waals surface area contributed by atoms with E-state index in [2.05, 4.69) is 10.1 Å². The van der Waals surface area contributed by atoms with Gasteiger partial charge in [-0.3, -0.25) is 9.48 Å². The molecule has 0 atom stereocenters. The Kier molecular flexibility index (Phi) is 4.40. The fourth-order valence-corrected chi connectivity index (χ4v) is 5.41. The Morgan fingerprint density at radius 3 is 2.42 bits per heavy atom. The van der Waals surface area contributed by atoms with Crippen molar-refractivity contribution in [3.05, 3.63) is 72.1 Å². The van der Waals surface area contributed by atoms with Crippen LogP contribution in [0, 0.1) is 6.92 Å². The van der Waals surface area contributed by atoms with Crippen LogP contribution in [0.2, 0.25) is 0 Å². The minimum Gasteiger partial charge on any atom is -0.295 e. The van der Waals surface area contributed by atoms with Gasteiger partial charge < -0.3 is 0 Å². The zero-order valence-corrected chi connectivity index (χ0v) is 17.9. The van der Waals surface area contributed by atoms with Crippen molar-refractivity contribution < 1.29 is 13.2 Å². The molecule has 0 fully saturated rings. The minimum atomic E-state index is -3.91. The molecule has 1 aromatic carbocycles. The molecule has 7 nitrogen and oxygen atoms in total. The average Bonchev–Trinajstić information content (AvgIpc) is 3.45. The molecule has 0 N–H and O–H groups in total. The third-order valence-corrected chi connectivity index (χ3v) is 7.31. The summed E-state index contributed by atoms with van der Waals surface area (Å²) in [6.07, 6.45) is 6.08. The second-order valence-electron chi connectivity index (χ2n) is 7.72. The van der Waals surface area contributed by atoms with E-state index in [1.165, 1.54) is 3.97 Å². The maximum Gasteiger partial charge on any atom is 0.269 e. The number of benzene rings is 1. The van der Waals surface area contributed by atoms with E-state index < -0.39 is 10.0 Å². The number of rotatable bonds is 4. The maximum atomic E-state index is 13.7. The topological polar surface area (TPSA) is 86.9 Å². The van der Waals surface area contributed by atoms with Gasteiger partial charge in [-0.15, -0.1) is 0 Å². The van der Waals surface area contributed by atoms with E-state index in [1.54, 1.807) is 60.5 Å². The summed E-state index contributed by atoms with van der Waals surface area (Å²) < 4.78 is 30.3. The molecule has 3 heterocycles. The van der Waals surface area contributed by atoms with E-state index in [-0.39, 0.29) is 10.7 Å². The van der Waals surface area contributed by atoms with Crippen LogP contribution in [0.1, 0.15) is 24.0 Å². The summed E-state index contributed by atoms with van der Waals surface area (Å²) >= 11 is 0. The molecule has 0 saturated carbocycles. The number of hydrogen-bond donors (Lipinski definition) is 0. The van der Waals surface area contributed by atoms with Gasteiger partial charge >= 0.3 is 0 Å². The molecule has 0 saturated heterocycles. The number of aromatic nitrogens is 4. The van der Waals surface area contributed by atoms with Crippen molar-refractivity contribution in [1.29, 1.82) is 0 Å². The second kappa shape index (κ2) is 7.02. The highest BCUT2D eigenvalue weighted by atomic mass is 32.2. The second-order valence-corrected chi connectivity index (χ2v) is 9.51. The highest BCUT2D eigenvalue weighted by molar-refractivity contribution is 7.90. The first-order valence-electron chi connectivity index (χ1n) is 9.90. The molecule has 0 aliphatic heterocycles. The van der Waals surface area contributed by atoms with Crippen LogP contribution in [-0.4, -0.2) is 32.9 Å². The van der Waals surface area contributed by atoms with Crippen LogP contribution in [0.4, 0.5) is 0 Å². The van der Waals surface area contributed by atoms with Crippen molar-refractivity contribution in [2.75, 3.05) is 0 Å². The standard InChI is InChI=1S/C23H20N4O3S/c1-15-3-7-20(8-4-15)31(29,30)27-22(21-9-10-25-26(21)2)13-17-11-18(14-24-23(17)27)16-5-6-19(28)12-16/h3-4,7-14H,5-6H2,1-2H3. The fraction of sp³-hybridized carbons (Fsp3) is 0.174. The van der Waals surface area contributed by atoms with Crippen molar-refractivity contribution in [2.24, 2.45) is 7.05 Å². The first kappa shape index (κ1) is 19.4. The Morgan fingerprint density at radius 1 is 1.00 bits per heavy atom. The number of nitrogens with zero attached hydrogens (tertiary/aromatic N) is 4. The van der Waals surface area contributed by atoms with Gasteiger partial charge in [-0.2, -0.15) is 5.10 Å². The van der Waals surface area contributed by atoms with E-state index in [4.69, 9.17) is 0 Å². The van der Waals surface area contributed by atoms with E-state index in [1.807, 2.05) is 19.1 Å². The summed E-state index contributed by atoms with van der Waals surface area (Å²) in [7, 11) is -2.14. The molecule has 5 rings (SSSR count). The Morgan fingerprint density at radius 2 is 1.77 bits per heavy atom. The number of allylic oxidation sites excluding steroid dienone is 2. The van der Waals surface area contributed by atoms with E-state index in [0.717, 1.165) is 16.7 Å². The number of hydrogen-bond acceptors (Lipinski definition) is 5. The predicted molar refractivity (Wildman–Crippen MR) is 118 cm³/mol. The molecule has 156 valence electrons. The molecule has 0 amide bonds. The van der Waals surface area contributed by atoms with Gasteiger partial charge in [-0.1, -0.05) is 17.7 Å². The van der Waals surface area contributed by atoms with Crippen LogP contribution in [0.15, 0.2) is 65.8 Å². The molecule has 0 unspecified atom stereocenters. The van der Waals surface area contributed by atoms with Crippen molar-refractivity contribution >= 4 is 32.4 Å². The van der Waals surface area contributed by atoms with Gasteiger partial charge in [-0.05, 0) is 60.9 Å². The highest BCUT2D eigenvalue weighted by Gasteiger charge is 2.26. The van der Waals surface area contributed by atoms with Crippen LogP contribution in [0.25, 0.3) is 28.0 Å². The lowest BCUT2D eigenvalue weighted by Crippen LogP contribution is -2.15. The van der Waals surface area contributed by atoms with Crippen molar-refractivity contribution in [2.45, 2.75) is 24.7 Å². The molecule has 4 aromatic rings. The Hall–Kier alpha value is -3.52. The molecule has 8 heteroatoms. The third-order valence-electron chi connectivity index (χ3n) is 5.59. The number of pyridine rings is 1. The summed E-state index contributed by atoms with van der Waals surface area (Å²) in [5, 5.41) is 4.89. The van der Waals surface area contributed by atoms with Crippen molar-refractivity contribution in [3.63, 3.8) is 0 Å². The lowest BCUT2D eigenvalue weighted by atomic mass is 10.1. The van der Waals surface area contributed by atoms with E-state index in [9.17, 15) is 13.2 Å². The number of fused-ring (bicyclic) bond motifs is 1. The first-order chi connectivity index (χ1) is 14.8. The first-order valence-corrected chi connectivity index (χ1v) is 11.3. The van der Waals surface area contributed by atoms with Gasteiger partial charge in [0.15, 0.2) is 11.4 Å². The molecule has 3 aromatic heterocycles. The van der Waals surface area contributed by atoms with Crippen molar-refractivity contribution in [3.8, 4) is 11.4 Å². The van der Waals surface area contributed by atoms with Gasteiger partial charge in [0.1, 0.15) is 0 Å². The fourth-order valence-electron chi connectivity index (χ4n) is 3.93. The molecule has 31 heavy (non-hydrogen) atoms. The van der Waals surface area contributed by atoms with Gasteiger partial charge in [0, 0.05) is 31.2 Å². The molecule has 0 bridgehead atoms. The predicted octanol–water partition coefficient (Wildman–Crippen LogP) is 3.73. The summed E-state index contributed by atoms with van der Waals surface area (Å²) in [6.45, 7) is 1.91. The largest absolute Gasteiger partial charge is 0.295 e. The van der Waals surface area contributed by atoms with Crippen LogP contribution in [-0.2, 0) is 21.9 Å². The quantitative estimate of drug-likeness (QED) is 0.490. The number of ketones is 1. The number of aryl methyl sites for hydroxylation is 2. The summed E-state index contributed by atoms with van der Waals surface area (Å²) in [5.74, 6) is 0.102. The lowest BCUT2D eigenvalue weighted by molar-refractivity contribution is -0.114. The zero-order chi connectivity index (χ0) is 21.8. The summed E-state index contributed by atoms with van der Waals surface area (Å²) in [5.41, 5.74) is 4.22. The van der Waals surface area contributed by atoms with Crippen molar-refractivity contribution in [1.82, 2.24) is 18.7 Å². The third kappa shape index (κ3) is 3.19. The van der Waals surface area contributed by atoms with Gasteiger partial charge in [0.25, 0.3) is 10.0 Å². The molecule has 0 spiro atoms. The average molecular weight is 433 g/mol. The Bertz CT molecular complexity index is 1480. The van der Waals surface area contributed by atoms with Crippen LogP contribution >= 0.6 is 0 Å². The van der Waals surface area contributed by atoms with E-state index >= 15 is 0 Å². The summed E-state index contributed by atoms with van der Waals surface area (Å²) in [4.78, 5) is 16.4. The lowest BCUT2D eigenvalue weighted by Gasteiger charge is -2.12. The minimum absolute atomic E-state index is 0.102. The van der Waals surface area contributed by atoms with Gasteiger partial charge in [0.05, 0.1) is 16.3 Å². The summed E-state index contributed by atoms with van der Waals surface area (Å²) in [6, 6.07) is 12.2. The normalized spacial score (nSPS) is 14.4. The zero-order valence-electron chi connectivity index (χ0n) is 17.1. The molecular weight excluding hydrogens is 412 g/mol. The molecule has 1 aliphatic carbocycles. The molecule has 0 radical (unpaired) electrons. The van der Waals surface area contributed by atoms with E-state index in [0.29, 0.717) is 35.3 Å². The highest BCUT2D eigenvalue weighted by Crippen LogP contribution is 2.34. The number of carbonyl (C=O) groups is 1. The molecule has 1 aliphatic rings. The Labute approximate surface area is 179 Å². The number of carbonyl (C=O) groups excluding carboxylic acids is 1. The van der Waals surface area contributed by atoms with Crippen LogP contribution in [0.3, 0.4) is 0 Å². The monoisotopic (exact) mass is 432 g/mol. The smallest absolute Gasteiger partial charge is 0.269 e. The molecular formula is C23H20N4O3S. The maximum absolute atomic E-state index is 13.7. The SMILES string of the molecule is Cc1ccc(S(=O)(=O)n2c(-c3ccnn3C)cc3cc(C4=CC(=O)CC4)cnc32)cc1. The van der Waals surface area contributed by atoms with Crippen LogP contribution < -0.4 is 0 Å². The van der Waals surface area contributed by atoms with Gasteiger partial charge in [0.2, 0.25) is 0 Å². The Balaban J connectivity index is 1.77. The van der Waals surface area contributed by atoms with Crippen LogP contribution in [0.5, 0.6) is 0 Å². The van der Waals surface area contributed by atoms with Gasteiger partial charge in [-0.25, -0.2) is 17.4 Å².